The first kappa shape index (κ1) is 12.7. The molecule has 6 nitrogen and oxygen atoms in total. The van der Waals surface area contributed by atoms with E-state index < -0.39 is 6.10 Å². The van der Waals surface area contributed by atoms with E-state index >= 15 is 0 Å². The first-order chi connectivity index (χ1) is 9.54. The molecule has 2 heterocycles. The molecule has 0 radical (unpaired) electrons. The van der Waals surface area contributed by atoms with Crippen LogP contribution in [0.15, 0.2) is 16.8 Å². The van der Waals surface area contributed by atoms with E-state index in [1.165, 1.54) is 5.56 Å². The summed E-state index contributed by atoms with van der Waals surface area (Å²) in [5, 5.41) is 9.91. The lowest BCUT2D eigenvalue weighted by atomic mass is 10.0. The molecule has 20 heavy (non-hydrogen) atoms. The molecule has 104 valence electrons. The molecule has 3 rings (SSSR count). The van der Waals surface area contributed by atoms with E-state index in [0.717, 1.165) is 16.9 Å². The number of hydrogen-bond acceptors (Lipinski definition) is 5. The van der Waals surface area contributed by atoms with Gasteiger partial charge in [-0.3, -0.25) is 4.79 Å². The number of benzene rings is 1. The van der Waals surface area contributed by atoms with Gasteiger partial charge in [0, 0.05) is 6.42 Å². The van der Waals surface area contributed by atoms with Gasteiger partial charge in [-0.2, -0.15) is 0 Å². The summed E-state index contributed by atoms with van der Waals surface area (Å²) in [6.45, 7) is 5.79. The van der Waals surface area contributed by atoms with Crippen molar-refractivity contribution in [3.63, 3.8) is 0 Å². The minimum absolute atomic E-state index is 0.240. The van der Waals surface area contributed by atoms with Gasteiger partial charge >= 0.3 is 0 Å². The number of aryl methyl sites for hydroxylation is 3. The topological polar surface area (TPSA) is 77.2 Å². The molecule has 6 heteroatoms. The number of carbonyl (C=O) groups excluding carboxylic acids is 1. The number of amides is 1. The maximum Gasteiger partial charge on any atom is 0.267 e. The maximum absolute atomic E-state index is 12.2. The third-order valence-corrected chi connectivity index (χ3v) is 3.54. The number of fused-ring (bicyclic) bond motifs is 1. The molecule has 1 aromatic carbocycles. The summed E-state index contributed by atoms with van der Waals surface area (Å²) in [6.07, 6.45) is 0.0226. The summed E-state index contributed by atoms with van der Waals surface area (Å²) < 4.78 is 10.2. The third-order valence-electron chi connectivity index (χ3n) is 3.54. The van der Waals surface area contributed by atoms with Crippen LogP contribution in [0.2, 0.25) is 0 Å². The SMILES string of the molecule is Cc1cc2c(cc1C)O[C@H](C(=O)Nc1nonc1C)C2. The second kappa shape index (κ2) is 4.63. The van der Waals surface area contributed by atoms with Crippen LogP contribution in [0.3, 0.4) is 0 Å². The number of nitrogens with zero attached hydrogens (tertiary/aromatic N) is 2. The van der Waals surface area contributed by atoms with Crippen LogP contribution >= 0.6 is 0 Å². The lowest BCUT2D eigenvalue weighted by molar-refractivity contribution is -0.122. The van der Waals surface area contributed by atoms with Gasteiger partial charge in [-0.25, -0.2) is 4.63 Å². The summed E-state index contributed by atoms with van der Waals surface area (Å²) in [5.74, 6) is 0.875. The molecule has 0 bridgehead atoms. The monoisotopic (exact) mass is 273 g/mol. The van der Waals surface area contributed by atoms with Crippen LogP contribution in [-0.4, -0.2) is 22.3 Å². The highest BCUT2D eigenvalue weighted by Crippen LogP contribution is 2.31. The Morgan fingerprint density at radius 1 is 1.25 bits per heavy atom. The average molecular weight is 273 g/mol. The Morgan fingerprint density at radius 3 is 2.70 bits per heavy atom. The fourth-order valence-corrected chi connectivity index (χ4v) is 2.20. The second-order valence-corrected chi connectivity index (χ2v) is 5.04. The van der Waals surface area contributed by atoms with Gasteiger partial charge in [0.25, 0.3) is 5.91 Å². The smallest absolute Gasteiger partial charge is 0.267 e. The van der Waals surface area contributed by atoms with Crippen molar-refractivity contribution in [1.82, 2.24) is 10.3 Å². The Hall–Kier alpha value is -2.37. The van der Waals surface area contributed by atoms with E-state index in [-0.39, 0.29) is 5.91 Å². The second-order valence-electron chi connectivity index (χ2n) is 5.04. The van der Waals surface area contributed by atoms with Crippen LogP contribution in [0.4, 0.5) is 5.82 Å². The lowest BCUT2D eigenvalue weighted by Crippen LogP contribution is -2.31. The molecule has 0 saturated carbocycles. The summed E-state index contributed by atoms with van der Waals surface area (Å²) in [4.78, 5) is 12.2. The van der Waals surface area contributed by atoms with Gasteiger partial charge in [-0.15, -0.1) is 0 Å². The van der Waals surface area contributed by atoms with Crippen LogP contribution in [0, 0.1) is 20.8 Å². The van der Waals surface area contributed by atoms with Gasteiger partial charge in [0.1, 0.15) is 11.4 Å². The number of nitrogens with one attached hydrogen (secondary N) is 1. The minimum atomic E-state index is -0.540. The molecule has 2 aromatic rings. The highest BCUT2D eigenvalue weighted by molar-refractivity contribution is 5.94. The van der Waals surface area contributed by atoms with Crippen molar-refractivity contribution in [3.05, 3.63) is 34.5 Å². The normalized spacial score (nSPS) is 16.6. The fraction of sp³-hybridized carbons (Fsp3) is 0.357. The van der Waals surface area contributed by atoms with E-state index in [0.29, 0.717) is 17.9 Å². The number of anilines is 1. The van der Waals surface area contributed by atoms with Gasteiger partial charge in [-0.1, -0.05) is 11.2 Å². The van der Waals surface area contributed by atoms with E-state index in [1.807, 2.05) is 19.9 Å². The van der Waals surface area contributed by atoms with Crippen LogP contribution in [0.25, 0.3) is 0 Å². The van der Waals surface area contributed by atoms with Crippen molar-refractivity contribution in [3.8, 4) is 5.75 Å². The zero-order chi connectivity index (χ0) is 14.3. The molecular weight excluding hydrogens is 258 g/mol. The molecular formula is C14H15N3O3. The zero-order valence-electron chi connectivity index (χ0n) is 11.6. The fourth-order valence-electron chi connectivity index (χ4n) is 2.20. The van der Waals surface area contributed by atoms with Crippen molar-refractivity contribution in [1.29, 1.82) is 0 Å². The van der Waals surface area contributed by atoms with Gasteiger partial charge < -0.3 is 10.1 Å². The molecule has 0 spiro atoms. The molecule has 1 aromatic heterocycles. The number of hydrogen-bond donors (Lipinski definition) is 1. The predicted molar refractivity (Wildman–Crippen MR) is 71.7 cm³/mol. The number of carbonyl (C=O) groups is 1. The number of rotatable bonds is 2. The predicted octanol–water partition coefficient (Wildman–Crippen LogP) is 1.94. The van der Waals surface area contributed by atoms with Crippen LogP contribution in [0.5, 0.6) is 5.75 Å². The summed E-state index contributed by atoms with van der Waals surface area (Å²) in [5.41, 5.74) is 3.95. The van der Waals surface area contributed by atoms with Crippen molar-refractivity contribution in [2.24, 2.45) is 0 Å². The molecule has 1 aliphatic rings. The Kier molecular flexibility index (Phi) is 2.93. The Morgan fingerprint density at radius 2 is 2.00 bits per heavy atom. The molecule has 0 unspecified atom stereocenters. The quantitative estimate of drug-likeness (QED) is 0.904. The Balaban J connectivity index is 1.75. The molecule has 0 aliphatic carbocycles. The molecule has 1 atom stereocenters. The molecule has 0 fully saturated rings. The zero-order valence-corrected chi connectivity index (χ0v) is 11.6. The summed E-state index contributed by atoms with van der Waals surface area (Å²) in [6, 6.07) is 4.04. The van der Waals surface area contributed by atoms with Gasteiger partial charge in [0.2, 0.25) is 0 Å². The standard InChI is InChI=1S/C14H15N3O3/c1-7-4-10-6-12(19-11(10)5-8(7)2)14(18)15-13-9(3)16-20-17-13/h4-5,12H,6H2,1-3H3,(H,15,17,18)/t12-/m0/s1. The van der Waals surface area contributed by atoms with E-state index in [9.17, 15) is 4.79 Å². The molecule has 1 amide bonds. The van der Waals surface area contributed by atoms with Gasteiger partial charge in [0.05, 0.1) is 0 Å². The number of ether oxygens (including phenoxy) is 1. The Bertz CT molecular complexity index is 647. The van der Waals surface area contributed by atoms with Gasteiger partial charge in [-0.05, 0) is 48.7 Å². The first-order valence-corrected chi connectivity index (χ1v) is 6.41. The Labute approximate surface area is 116 Å². The number of aromatic nitrogens is 2. The van der Waals surface area contributed by atoms with E-state index in [4.69, 9.17) is 4.74 Å². The van der Waals surface area contributed by atoms with Crippen LogP contribution in [0.1, 0.15) is 22.4 Å². The van der Waals surface area contributed by atoms with Crippen molar-refractivity contribution in [2.45, 2.75) is 33.3 Å². The minimum Gasteiger partial charge on any atom is -0.480 e. The van der Waals surface area contributed by atoms with Crippen molar-refractivity contribution < 1.29 is 14.2 Å². The summed E-state index contributed by atoms with van der Waals surface area (Å²) >= 11 is 0. The van der Waals surface area contributed by atoms with Crippen LogP contribution < -0.4 is 10.1 Å². The molecule has 0 saturated heterocycles. The average Bonchev–Trinajstić information content (AvgIpc) is 2.97. The van der Waals surface area contributed by atoms with E-state index in [2.05, 4.69) is 26.3 Å². The van der Waals surface area contributed by atoms with Crippen LogP contribution in [-0.2, 0) is 11.2 Å². The van der Waals surface area contributed by atoms with Crippen molar-refractivity contribution in [2.75, 3.05) is 5.32 Å². The highest BCUT2D eigenvalue weighted by atomic mass is 16.6. The van der Waals surface area contributed by atoms with Gasteiger partial charge in [0.15, 0.2) is 11.9 Å². The molecule has 1 N–H and O–H groups in total. The highest BCUT2D eigenvalue weighted by Gasteiger charge is 2.30. The lowest BCUT2D eigenvalue weighted by Gasteiger charge is -2.09. The molecule has 1 aliphatic heterocycles. The van der Waals surface area contributed by atoms with Crippen molar-refractivity contribution >= 4 is 11.7 Å². The summed E-state index contributed by atoms with van der Waals surface area (Å²) in [7, 11) is 0. The third kappa shape index (κ3) is 2.13. The first-order valence-electron chi connectivity index (χ1n) is 6.41. The largest absolute Gasteiger partial charge is 0.480 e. The van der Waals surface area contributed by atoms with E-state index in [1.54, 1.807) is 6.92 Å². The maximum atomic E-state index is 12.2.